The maximum Gasteiger partial charge on any atom is 0.306 e. The fourth-order valence-electron chi connectivity index (χ4n) is 6.38. The van der Waals surface area contributed by atoms with Crippen molar-refractivity contribution in [1.29, 1.82) is 0 Å². The quantitative estimate of drug-likeness (QED) is 0.0175. The van der Waals surface area contributed by atoms with Gasteiger partial charge in [0.15, 0.2) is 6.10 Å². The second-order valence-electron chi connectivity index (χ2n) is 15.5. The molecule has 0 heterocycles. The molecule has 346 valence electrons. The molecule has 0 aromatic rings. The number of esters is 2. The van der Waals surface area contributed by atoms with Crippen molar-refractivity contribution in [2.45, 2.75) is 204 Å². The summed E-state index contributed by atoms with van der Waals surface area (Å²) in [5.74, 6) is -1.21. The molecule has 1 aliphatic rings. The lowest BCUT2D eigenvalue weighted by Gasteiger charge is -2.43. The lowest BCUT2D eigenvalue weighted by molar-refractivity contribution is -0.261. The van der Waals surface area contributed by atoms with Gasteiger partial charge in [0.25, 0.3) is 7.82 Å². The van der Waals surface area contributed by atoms with Crippen LogP contribution >= 0.6 is 7.82 Å². The number of aliphatic hydroxyl groups is 5. The summed E-state index contributed by atoms with van der Waals surface area (Å²) >= 11 is 0. The molecule has 1 rings (SSSR count). The molecule has 0 aromatic heterocycles. The van der Waals surface area contributed by atoms with Crippen molar-refractivity contribution in [3.63, 3.8) is 0 Å². The van der Waals surface area contributed by atoms with E-state index in [4.69, 9.17) is 18.5 Å². The van der Waals surface area contributed by atoms with Gasteiger partial charge in [0.05, 0.1) is 6.61 Å². The van der Waals surface area contributed by atoms with Crippen molar-refractivity contribution in [3.8, 4) is 0 Å². The Labute approximate surface area is 360 Å². The van der Waals surface area contributed by atoms with E-state index in [0.717, 1.165) is 70.6 Å². The van der Waals surface area contributed by atoms with E-state index in [0.29, 0.717) is 19.3 Å². The van der Waals surface area contributed by atoms with Crippen molar-refractivity contribution >= 4 is 19.8 Å². The normalized spacial score (nSPS) is 22.7. The number of carbonyl (C=O) groups is 2. The van der Waals surface area contributed by atoms with Crippen LogP contribution in [-0.2, 0) is 32.7 Å². The Morgan fingerprint density at radius 3 is 1.48 bits per heavy atom. The van der Waals surface area contributed by atoms with Gasteiger partial charge in [-0.1, -0.05) is 132 Å². The van der Waals surface area contributed by atoms with E-state index >= 15 is 0 Å². The monoisotopic (exact) mass is 870 g/mol. The van der Waals surface area contributed by atoms with Crippen molar-refractivity contribution in [2.75, 3.05) is 13.2 Å². The number of unbranched alkanes of at least 4 members (excludes halogenated alkanes) is 14. The highest BCUT2D eigenvalue weighted by atomic mass is 31.2. The third kappa shape index (κ3) is 28.2. The van der Waals surface area contributed by atoms with Crippen LogP contribution in [0.4, 0.5) is 0 Å². The summed E-state index contributed by atoms with van der Waals surface area (Å²) in [6, 6.07) is 0. The van der Waals surface area contributed by atoms with Crippen LogP contribution in [0.3, 0.4) is 0 Å². The molecule has 0 saturated heterocycles. The van der Waals surface area contributed by atoms with E-state index in [-0.39, 0.29) is 12.8 Å². The molecule has 1 saturated carbocycles. The summed E-state index contributed by atoms with van der Waals surface area (Å²) in [5, 5.41) is 50.0. The highest BCUT2D eigenvalue weighted by Gasteiger charge is 2.50. The lowest BCUT2D eigenvalue weighted by Crippen LogP contribution is -2.64. The van der Waals surface area contributed by atoms with Crippen molar-refractivity contribution in [1.82, 2.24) is 0 Å². The molecule has 60 heavy (non-hydrogen) atoms. The molecule has 0 radical (unpaired) electrons. The summed E-state index contributed by atoms with van der Waals surface area (Å²) in [7, 11) is -5.38. The lowest BCUT2D eigenvalue weighted by atomic mass is 9.85. The number of carbonyl (C=O) groups excluding carboxylic acids is 2. The average molecular weight is 870 g/mol. The number of rotatable bonds is 36. The second kappa shape index (κ2) is 36.1. The van der Waals surface area contributed by atoms with Gasteiger partial charge in [-0.2, -0.15) is 0 Å². The minimum atomic E-state index is -5.38. The number of hydrogen-bond acceptors (Lipinski definition) is 13. The maximum atomic E-state index is 12.7. The minimum Gasteiger partial charge on any atom is -0.756 e. The van der Waals surface area contributed by atoms with Crippen LogP contribution in [-0.4, -0.2) is 93.4 Å². The summed E-state index contributed by atoms with van der Waals surface area (Å²) < 4.78 is 33.0. The van der Waals surface area contributed by atoms with Crippen LogP contribution < -0.4 is 4.89 Å². The Bertz CT molecular complexity index is 1280. The molecule has 0 bridgehead atoms. The van der Waals surface area contributed by atoms with Gasteiger partial charge in [0.2, 0.25) is 0 Å². The van der Waals surface area contributed by atoms with E-state index in [1.165, 1.54) is 44.9 Å². The summed E-state index contributed by atoms with van der Waals surface area (Å²) in [6.45, 7) is 3.10. The van der Waals surface area contributed by atoms with Crippen LogP contribution in [0.15, 0.2) is 60.8 Å². The number of phosphoric ester groups is 1. The van der Waals surface area contributed by atoms with Crippen LogP contribution in [0.1, 0.15) is 162 Å². The highest BCUT2D eigenvalue weighted by molar-refractivity contribution is 7.45. The molecule has 0 spiro atoms. The Balaban J connectivity index is 2.53. The smallest absolute Gasteiger partial charge is 0.306 e. The number of ether oxygens (including phenoxy) is 2. The first kappa shape index (κ1) is 55.6. The molecule has 14 heteroatoms. The second-order valence-corrected chi connectivity index (χ2v) is 16.9. The van der Waals surface area contributed by atoms with Crippen LogP contribution in [0.2, 0.25) is 0 Å². The molecule has 0 aromatic carbocycles. The minimum absolute atomic E-state index is 0.00189. The third-order valence-corrected chi connectivity index (χ3v) is 11.0. The average Bonchev–Trinajstić information content (AvgIpc) is 3.23. The van der Waals surface area contributed by atoms with E-state index in [1.807, 2.05) is 12.2 Å². The molecule has 6 unspecified atom stereocenters. The molecule has 13 nitrogen and oxygen atoms in total. The summed E-state index contributed by atoms with van der Waals surface area (Å²) in [5.41, 5.74) is 0. The predicted molar refractivity (Wildman–Crippen MR) is 233 cm³/mol. The van der Waals surface area contributed by atoms with Gasteiger partial charge < -0.3 is 48.9 Å². The predicted octanol–water partition coefficient (Wildman–Crippen LogP) is 7.92. The SMILES string of the molecule is CCCCCC=CCC=CCC=CCC=CCCCC(=O)OC(COC(=O)CCCCCCCCC=CCCCCCC)COP(=O)([O-])OC1C(O)C(O)C(O)C(O)C1O. The Morgan fingerprint density at radius 2 is 0.933 bits per heavy atom. The van der Waals surface area contributed by atoms with E-state index in [9.17, 15) is 44.6 Å². The molecule has 1 aliphatic carbocycles. The van der Waals surface area contributed by atoms with Crippen molar-refractivity contribution < 1.29 is 63.1 Å². The van der Waals surface area contributed by atoms with Gasteiger partial charge in [-0.15, -0.1) is 0 Å². The molecular formula is C46H78O13P-. The zero-order valence-corrected chi connectivity index (χ0v) is 37.3. The van der Waals surface area contributed by atoms with Crippen molar-refractivity contribution in [3.05, 3.63) is 60.8 Å². The first-order valence-corrected chi connectivity index (χ1v) is 24.0. The zero-order valence-electron chi connectivity index (χ0n) is 36.4. The standard InChI is InChI=1S/C46H79O13P/c1-3-5-7-9-11-13-15-17-19-20-21-23-25-27-29-31-33-35-40(48)58-38(37-57-60(54,55)59-46-44(52)42(50)41(49)43(51)45(46)53)36-56-39(47)34-32-30-28-26-24-22-18-16-14-12-10-8-6-4-2/h11,13-14,16-17,19,21,23,27,29,38,41-46,49-53H,3-10,12,15,18,20,22,24-26,28,30-37H2,1-2H3,(H,54,55)/p-1. The zero-order chi connectivity index (χ0) is 44.3. The van der Waals surface area contributed by atoms with E-state index < -0.39 is 75.7 Å². The van der Waals surface area contributed by atoms with Crippen LogP contribution in [0, 0.1) is 0 Å². The molecule has 6 atom stereocenters. The van der Waals surface area contributed by atoms with Gasteiger partial charge in [-0.3, -0.25) is 14.2 Å². The van der Waals surface area contributed by atoms with Gasteiger partial charge in [0, 0.05) is 12.8 Å². The van der Waals surface area contributed by atoms with Crippen molar-refractivity contribution in [2.24, 2.45) is 0 Å². The summed E-state index contributed by atoms with van der Waals surface area (Å²) in [4.78, 5) is 37.9. The molecular weight excluding hydrogens is 791 g/mol. The van der Waals surface area contributed by atoms with Gasteiger partial charge in [0.1, 0.15) is 43.2 Å². The maximum absolute atomic E-state index is 12.7. The Kier molecular flexibility index (Phi) is 33.4. The van der Waals surface area contributed by atoms with Gasteiger partial charge in [-0.05, 0) is 77.0 Å². The van der Waals surface area contributed by atoms with Crippen LogP contribution in [0.25, 0.3) is 0 Å². The highest BCUT2D eigenvalue weighted by Crippen LogP contribution is 2.43. The number of hydrogen-bond donors (Lipinski definition) is 5. The van der Waals surface area contributed by atoms with E-state index in [2.05, 4.69) is 62.5 Å². The first-order chi connectivity index (χ1) is 28.9. The van der Waals surface area contributed by atoms with E-state index in [1.54, 1.807) is 0 Å². The molecule has 1 fully saturated rings. The van der Waals surface area contributed by atoms with Gasteiger partial charge >= 0.3 is 11.9 Å². The third-order valence-electron chi connectivity index (χ3n) is 10.1. The largest absolute Gasteiger partial charge is 0.756 e. The number of aliphatic hydroxyl groups excluding tert-OH is 5. The fraction of sp³-hybridized carbons (Fsp3) is 0.739. The number of allylic oxidation sites excluding steroid dienone is 10. The van der Waals surface area contributed by atoms with Gasteiger partial charge in [-0.25, -0.2) is 0 Å². The fourth-order valence-corrected chi connectivity index (χ4v) is 7.34. The van der Waals surface area contributed by atoms with Crippen LogP contribution in [0.5, 0.6) is 0 Å². The number of phosphoric acid groups is 1. The molecule has 5 N–H and O–H groups in total. The molecule has 0 aliphatic heterocycles. The topological polar surface area (TPSA) is 212 Å². The molecule has 0 amide bonds. The Hall–Kier alpha value is -2.45. The Morgan fingerprint density at radius 1 is 0.533 bits per heavy atom. The first-order valence-electron chi connectivity index (χ1n) is 22.6. The summed E-state index contributed by atoms with van der Waals surface area (Å²) in [6.07, 6.45) is 29.5.